The van der Waals surface area contributed by atoms with Crippen molar-refractivity contribution in [2.75, 3.05) is 11.9 Å². The van der Waals surface area contributed by atoms with Gasteiger partial charge in [-0.05, 0) is 13.8 Å². The summed E-state index contributed by atoms with van der Waals surface area (Å²) in [7, 11) is 1.78. The highest BCUT2D eigenvalue weighted by atomic mass is 16.5. The summed E-state index contributed by atoms with van der Waals surface area (Å²) in [4.78, 5) is 35.5. The zero-order valence-corrected chi connectivity index (χ0v) is 14.5. The predicted octanol–water partition coefficient (Wildman–Crippen LogP) is 2.18. The number of benzene rings is 1. The minimum atomic E-state index is -0.584. The predicted molar refractivity (Wildman–Crippen MR) is 92.3 cm³/mol. The van der Waals surface area contributed by atoms with E-state index in [1.54, 1.807) is 42.9 Å². The second kappa shape index (κ2) is 8.23. The molecule has 0 spiro atoms. The molecule has 0 bridgehead atoms. The number of aromatic nitrogens is 2. The van der Waals surface area contributed by atoms with E-state index in [1.165, 1.54) is 0 Å². The van der Waals surface area contributed by atoms with Crippen molar-refractivity contribution in [2.45, 2.75) is 26.7 Å². The number of anilines is 1. The van der Waals surface area contributed by atoms with Crippen LogP contribution in [0.15, 0.2) is 30.3 Å². The lowest BCUT2D eigenvalue weighted by atomic mass is 10.1. The molecule has 0 aliphatic rings. The van der Waals surface area contributed by atoms with Crippen molar-refractivity contribution in [1.82, 2.24) is 9.78 Å². The summed E-state index contributed by atoms with van der Waals surface area (Å²) >= 11 is 0. The Bertz CT molecular complexity index is 781. The molecule has 0 radical (unpaired) electrons. The van der Waals surface area contributed by atoms with Crippen molar-refractivity contribution in [2.24, 2.45) is 7.05 Å². The SMILES string of the molecule is Cc1nn(C)c(C)c1NC(=O)COC(=O)CCC(=O)c1ccccc1. The van der Waals surface area contributed by atoms with Crippen LogP contribution >= 0.6 is 0 Å². The Morgan fingerprint density at radius 1 is 1.12 bits per heavy atom. The zero-order chi connectivity index (χ0) is 18.4. The molecule has 2 aromatic rings. The number of nitrogens with one attached hydrogen (secondary N) is 1. The lowest BCUT2D eigenvalue weighted by Crippen LogP contribution is -2.21. The number of hydrogen-bond donors (Lipinski definition) is 1. The molecule has 1 aromatic carbocycles. The number of rotatable bonds is 7. The van der Waals surface area contributed by atoms with E-state index in [1.807, 2.05) is 13.0 Å². The molecule has 0 aliphatic heterocycles. The van der Waals surface area contributed by atoms with Gasteiger partial charge in [-0.2, -0.15) is 5.10 Å². The van der Waals surface area contributed by atoms with Crippen LogP contribution in [0.4, 0.5) is 5.69 Å². The molecule has 1 N–H and O–H groups in total. The minimum absolute atomic E-state index is 0.0469. The van der Waals surface area contributed by atoms with Crippen LogP contribution in [-0.2, 0) is 21.4 Å². The number of esters is 1. The van der Waals surface area contributed by atoms with Gasteiger partial charge in [0.15, 0.2) is 12.4 Å². The smallest absolute Gasteiger partial charge is 0.306 e. The fourth-order valence-corrected chi connectivity index (χ4v) is 2.33. The molecular formula is C18H21N3O4. The van der Waals surface area contributed by atoms with Gasteiger partial charge in [0.1, 0.15) is 0 Å². The van der Waals surface area contributed by atoms with E-state index in [0.717, 1.165) is 5.69 Å². The molecule has 1 heterocycles. The van der Waals surface area contributed by atoms with Crippen molar-refractivity contribution in [3.63, 3.8) is 0 Å². The van der Waals surface area contributed by atoms with Crippen LogP contribution in [0.1, 0.15) is 34.6 Å². The Balaban J connectivity index is 1.76. The van der Waals surface area contributed by atoms with Crippen LogP contribution in [0.5, 0.6) is 0 Å². The fourth-order valence-electron chi connectivity index (χ4n) is 2.33. The first kappa shape index (κ1) is 18.4. The Morgan fingerprint density at radius 2 is 1.80 bits per heavy atom. The number of ketones is 1. The van der Waals surface area contributed by atoms with E-state index >= 15 is 0 Å². The van der Waals surface area contributed by atoms with E-state index in [9.17, 15) is 14.4 Å². The van der Waals surface area contributed by atoms with E-state index in [2.05, 4.69) is 10.4 Å². The number of ether oxygens (including phenoxy) is 1. The summed E-state index contributed by atoms with van der Waals surface area (Å²) in [6.45, 7) is 3.22. The molecule has 7 heteroatoms. The van der Waals surface area contributed by atoms with Crippen LogP contribution in [0.25, 0.3) is 0 Å². The van der Waals surface area contributed by atoms with Crippen LogP contribution < -0.4 is 5.32 Å². The van der Waals surface area contributed by atoms with Gasteiger partial charge >= 0.3 is 5.97 Å². The van der Waals surface area contributed by atoms with E-state index < -0.39 is 18.5 Å². The van der Waals surface area contributed by atoms with Crippen LogP contribution in [0, 0.1) is 13.8 Å². The molecule has 7 nitrogen and oxygen atoms in total. The first-order chi connectivity index (χ1) is 11.9. The first-order valence-electron chi connectivity index (χ1n) is 7.92. The Labute approximate surface area is 146 Å². The van der Waals surface area contributed by atoms with Crippen molar-refractivity contribution in [1.29, 1.82) is 0 Å². The molecule has 132 valence electrons. The molecule has 0 saturated carbocycles. The van der Waals surface area contributed by atoms with Crippen molar-refractivity contribution in [3.8, 4) is 0 Å². The van der Waals surface area contributed by atoms with Gasteiger partial charge in [-0.25, -0.2) is 0 Å². The molecule has 25 heavy (non-hydrogen) atoms. The summed E-state index contributed by atoms with van der Waals surface area (Å²) in [5.74, 6) is -1.16. The molecule has 0 aliphatic carbocycles. The number of nitrogens with zero attached hydrogens (tertiary/aromatic N) is 2. The summed E-state index contributed by atoms with van der Waals surface area (Å²) in [5.41, 5.74) is 2.66. The van der Waals surface area contributed by atoms with Crippen LogP contribution in [0.3, 0.4) is 0 Å². The van der Waals surface area contributed by atoms with E-state index in [0.29, 0.717) is 16.9 Å². The summed E-state index contributed by atoms with van der Waals surface area (Å²) in [5, 5.41) is 6.87. The monoisotopic (exact) mass is 343 g/mol. The van der Waals surface area contributed by atoms with Gasteiger partial charge in [-0.15, -0.1) is 0 Å². The maximum absolute atomic E-state index is 11.9. The third-order valence-electron chi connectivity index (χ3n) is 3.79. The quantitative estimate of drug-likeness (QED) is 0.615. The number of aryl methyl sites for hydroxylation is 2. The Hall–Kier alpha value is -2.96. The number of Topliss-reactive ketones (excluding diaryl/α,β-unsaturated/α-hetero) is 1. The van der Waals surface area contributed by atoms with Gasteiger partial charge < -0.3 is 10.1 Å². The van der Waals surface area contributed by atoms with Gasteiger partial charge in [-0.1, -0.05) is 30.3 Å². The number of amides is 1. The van der Waals surface area contributed by atoms with Crippen LogP contribution in [0.2, 0.25) is 0 Å². The minimum Gasteiger partial charge on any atom is -0.456 e. The average Bonchev–Trinajstić information content (AvgIpc) is 2.84. The largest absolute Gasteiger partial charge is 0.456 e. The summed E-state index contributed by atoms with van der Waals surface area (Å²) in [6.07, 6.45) is -0.0166. The second-order valence-electron chi connectivity index (χ2n) is 5.67. The Kier molecular flexibility index (Phi) is 6.05. The maximum Gasteiger partial charge on any atom is 0.306 e. The van der Waals surface area contributed by atoms with Gasteiger partial charge in [0, 0.05) is 19.0 Å². The second-order valence-corrected chi connectivity index (χ2v) is 5.67. The molecule has 0 fully saturated rings. The van der Waals surface area contributed by atoms with Crippen LogP contribution in [-0.4, -0.2) is 34.0 Å². The molecular weight excluding hydrogens is 322 g/mol. The molecule has 1 amide bonds. The molecule has 0 atom stereocenters. The van der Waals surface area contributed by atoms with Gasteiger partial charge in [-0.3, -0.25) is 19.1 Å². The molecule has 2 rings (SSSR count). The standard InChI is InChI=1S/C18H21N3O4/c1-12-18(13(2)21(3)20-12)19-16(23)11-25-17(24)10-9-15(22)14-7-5-4-6-8-14/h4-8H,9-11H2,1-3H3,(H,19,23). The van der Waals surface area contributed by atoms with Crippen molar-refractivity contribution >= 4 is 23.3 Å². The first-order valence-corrected chi connectivity index (χ1v) is 7.92. The third-order valence-corrected chi connectivity index (χ3v) is 3.79. The lowest BCUT2D eigenvalue weighted by molar-refractivity contribution is -0.147. The zero-order valence-electron chi connectivity index (χ0n) is 14.5. The molecule has 0 unspecified atom stereocenters. The Morgan fingerprint density at radius 3 is 2.40 bits per heavy atom. The number of carbonyl (C=O) groups is 3. The highest BCUT2D eigenvalue weighted by Gasteiger charge is 2.15. The topological polar surface area (TPSA) is 90.3 Å². The molecule has 1 aromatic heterocycles. The number of hydrogen-bond acceptors (Lipinski definition) is 5. The fraction of sp³-hybridized carbons (Fsp3) is 0.333. The van der Waals surface area contributed by atoms with Gasteiger partial charge in [0.25, 0.3) is 5.91 Å². The maximum atomic E-state index is 11.9. The van der Waals surface area contributed by atoms with Gasteiger partial charge in [0.05, 0.1) is 23.5 Å². The average molecular weight is 343 g/mol. The van der Waals surface area contributed by atoms with Crippen molar-refractivity contribution < 1.29 is 19.1 Å². The van der Waals surface area contributed by atoms with Gasteiger partial charge in [0.2, 0.25) is 0 Å². The lowest BCUT2D eigenvalue weighted by Gasteiger charge is -2.07. The molecule has 0 saturated heterocycles. The summed E-state index contributed by atoms with van der Waals surface area (Å²) < 4.78 is 6.58. The highest BCUT2D eigenvalue weighted by molar-refractivity contribution is 5.98. The summed E-state index contributed by atoms with van der Waals surface area (Å²) in [6, 6.07) is 8.73. The highest BCUT2D eigenvalue weighted by Crippen LogP contribution is 2.18. The number of carbonyl (C=O) groups excluding carboxylic acids is 3. The van der Waals surface area contributed by atoms with E-state index in [4.69, 9.17) is 4.74 Å². The normalized spacial score (nSPS) is 10.4. The van der Waals surface area contributed by atoms with E-state index in [-0.39, 0.29) is 18.6 Å². The third kappa shape index (κ3) is 5.00. The van der Waals surface area contributed by atoms with Crippen molar-refractivity contribution in [3.05, 3.63) is 47.3 Å².